The summed E-state index contributed by atoms with van der Waals surface area (Å²) in [4.78, 5) is 13.0. The Bertz CT molecular complexity index is 1210. The van der Waals surface area contributed by atoms with Crippen LogP contribution in [0.25, 0.3) is 11.0 Å². The van der Waals surface area contributed by atoms with Crippen LogP contribution in [0.15, 0.2) is 64.8 Å². The number of thioether (sulfide) groups is 2. The van der Waals surface area contributed by atoms with Gasteiger partial charge in [-0.05, 0) is 54.4 Å². The third-order valence-corrected chi connectivity index (χ3v) is 7.07. The van der Waals surface area contributed by atoms with Crippen LogP contribution in [0.4, 0.5) is 13.2 Å². The predicted molar refractivity (Wildman–Crippen MR) is 121 cm³/mol. The molecule has 0 fully saturated rings. The van der Waals surface area contributed by atoms with Gasteiger partial charge in [0.15, 0.2) is 5.16 Å². The molecule has 0 saturated carbocycles. The maximum Gasteiger partial charge on any atom is 0.416 e. The van der Waals surface area contributed by atoms with Crippen LogP contribution in [-0.2, 0) is 17.7 Å². The molecule has 9 heteroatoms. The second kappa shape index (κ2) is 9.14. The minimum Gasteiger partial charge on any atom is -0.333 e. The summed E-state index contributed by atoms with van der Waals surface area (Å²) in [5.74, 6) is 1.38. The maximum absolute atomic E-state index is 12.9. The van der Waals surface area contributed by atoms with E-state index in [0.717, 1.165) is 34.0 Å². The first-order valence-corrected chi connectivity index (χ1v) is 11.7. The van der Waals surface area contributed by atoms with Crippen LogP contribution < -0.4 is 0 Å². The summed E-state index contributed by atoms with van der Waals surface area (Å²) >= 11 is 9.08. The summed E-state index contributed by atoms with van der Waals surface area (Å²) in [7, 11) is 0. The standard InChI is InChI=1S/C22H17ClF3N3S2/c1-13-19(27-9-8-20(13)30-11-14-2-5-16(23)6-3-14)12-31-21-28-17-7-4-15(22(24,25)26)10-18(17)29-21/h2-10H,11-12H2,1H3,(H,28,29). The molecular weight excluding hydrogens is 463 g/mol. The van der Waals surface area contributed by atoms with Crippen LogP contribution in [0, 0.1) is 6.92 Å². The molecule has 0 amide bonds. The minimum absolute atomic E-state index is 0.370. The van der Waals surface area contributed by atoms with Gasteiger partial charge in [0.2, 0.25) is 0 Å². The number of nitrogens with one attached hydrogen (secondary N) is 1. The van der Waals surface area contributed by atoms with E-state index in [1.807, 2.05) is 37.3 Å². The van der Waals surface area contributed by atoms with Crippen molar-refractivity contribution in [2.45, 2.75) is 34.7 Å². The van der Waals surface area contributed by atoms with Gasteiger partial charge in [-0.25, -0.2) is 4.98 Å². The average molecular weight is 480 g/mol. The summed E-state index contributed by atoms with van der Waals surface area (Å²) < 4.78 is 38.7. The van der Waals surface area contributed by atoms with Crippen molar-refractivity contribution in [3.05, 3.63) is 82.1 Å². The Morgan fingerprint density at radius 2 is 1.77 bits per heavy atom. The lowest BCUT2D eigenvalue weighted by Crippen LogP contribution is -2.04. The van der Waals surface area contributed by atoms with E-state index in [2.05, 4.69) is 15.0 Å². The van der Waals surface area contributed by atoms with Crippen molar-refractivity contribution < 1.29 is 13.2 Å². The van der Waals surface area contributed by atoms with Crippen molar-refractivity contribution in [1.82, 2.24) is 15.0 Å². The number of fused-ring (bicyclic) bond motifs is 1. The highest BCUT2D eigenvalue weighted by Gasteiger charge is 2.30. The first-order chi connectivity index (χ1) is 14.8. The number of hydrogen-bond donors (Lipinski definition) is 1. The molecule has 0 unspecified atom stereocenters. The van der Waals surface area contributed by atoms with Crippen LogP contribution in [-0.4, -0.2) is 15.0 Å². The van der Waals surface area contributed by atoms with Gasteiger partial charge < -0.3 is 4.98 Å². The lowest BCUT2D eigenvalue weighted by Gasteiger charge is -2.09. The van der Waals surface area contributed by atoms with Gasteiger partial charge in [-0.3, -0.25) is 4.98 Å². The van der Waals surface area contributed by atoms with Crippen molar-refractivity contribution in [3.63, 3.8) is 0 Å². The molecule has 2 aromatic heterocycles. The average Bonchev–Trinajstić information content (AvgIpc) is 3.15. The molecule has 0 aliphatic heterocycles. The highest BCUT2D eigenvalue weighted by Crippen LogP contribution is 2.33. The number of aromatic amines is 1. The largest absolute Gasteiger partial charge is 0.416 e. The van der Waals surface area contributed by atoms with E-state index in [0.29, 0.717) is 27.0 Å². The van der Waals surface area contributed by atoms with Gasteiger partial charge in [-0.2, -0.15) is 13.2 Å². The number of alkyl halides is 3. The number of imidazole rings is 1. The Hall–Kier alpha value is -2.16. The quantitative estimate of drug-likeness (QED) is 0.290. The first kappa shape index (κ1) is 22.0. The van der Waals surface area contributed by atoms with E-state index < -0.39 is 11.7 Å². The number of benzene rings is 2. The van der Waals surface area contributed by atoms with Gasteiger partial charge >= 0.3 is 6.18 Å². The molecule has 0 atom stereocenters. The molecule has 31 heavy (non-hydrogen) atoms. The van der Waals surface area contributed by atoms with Crippen molar-refractivity contribution in [2.75, 3.05) is 0 Å². The van der Waals surface area contributed by atoms with E-state index >= 15 is 0 Å². The van der Waals surface area contributed by atoms with E-state index in [1.54, 1.807) is 18.0 Å². The van der Waals surface area contributed by atoms with Gasteiger partial charge in [-0.15, -0.1) is 11.8 Å². The fraction of sp³-hybridized carbons (Fsp3) is 0.182. The molecule has 4 aromatic rings. The molecule has 1 N–H and O–H groups in total. The highest BCUT2D eigenvalue weighted by atomic mass is 35.5. The van der Waals surface area contributed by atoms with Gasteiger partial charge in [0.05, 0.1) is 22.3 Å². The zero-order valence-electron chi connectivity index (χ0n) is 16.3. The van der Waals surface area contributed by atoms with Crippen LogP contribution >= 0.6 is 35.1 Å². The molecule has 0 bridgehead atoms. The third-order valence-electron chi connectivity index (χ3n) is 4.70. The van der Waals surface area contributed by atoms with E-state index in [9.17, 15) is 13.2 Å². The van der Waals surface area contributed by atoms with E-state index in [1.165, 1.54) is 23.4 Å². The number of nitrogens with zero attached hydrogens (tertiary/aromatic N) is 2. The van der Waals surface area contributed by atoms with Crippen molar-refractivity contribution in [2.24, 2.45) is 0 Å². The number of hydrogen-bond acceptors (Lipinski definition) is 4. The molecule has 0 aliphatic carbocycles. The molecule has 4 rings (SSSR count). The van der Waals surface area contributed by atoms with Gasteiger partial charge in [-0.1, -0.05) is 35.5 Å². The summed E-state index contributed by atoms with van der Waals surface area (Å²) in [5, 5.41) is 1.28. The summed E-state index contributed by atoms with van der Waals surface area (Å²) in [6.45, 7) is 2.03. The van der Waals surface area contributed by atoms with Gasteiger partial charge in [0.1, 0.15) is 0 Å². The number of aromatic nitrogens is 3. The lowest BCUT2D eigenvalue weighted by molar-refractivity contribution is -0.137. The first-order valence-electron chi connectivity index (χ1n) is 9.31. The van der Waals surface area contributed by atoms with Crippen LogP contribution in [0.1, 0.15) is 22.4 Å². The Morgan fingerprint density at radius 1 is 1.00 bits per heavy atom. The SMILES string of the molecule is Cc1c(SCc2ccc(Cl)cc2)ccnc1CSc1nc2ccc(C(F)(F)F)cc2[nH]1. The predicted octanol–water partition coefficient (Wildman–Crippen LogP) is 7.52. The Balaban J connectivity index is 1.44. The molecule has 0 aliphatic rings. The normalized spacial score (nSPS) is 11.9. The maximum atomic E-state index is 12.9. The smallest absolute Gasteiger partial charge is 0.333 e. The summed E-state index contributed by atoms with van der Waals surface area (Å²) in [5.41, 5.74) is 3.37. The lowest BCUT2D eigenvalue weighted by atomic mass is 10.2. The Morgan fingerprint density at radius 3 is 2.52 bits per heavy atom. The third kappa shape index (κ3) is 5.37. The zero-order valence-corrected chi connectivity index (χ0v) is 18.7. The second-order valence-electron chi connectivity index (χ2n) is 6.86. The highest BCUT2D eigenvalue weighted by molar-refractivity contribution is 7.98. The summed E-state index contributed by atoms with van der Waals surface area (Å²) in [6.07, 6.45) is -2.60. The molecule has 160 valence electrons. The van der Waals surface area contributed by atoms with E-state index in [4.69, 9.17) is 11.6 Å². The number of pyridine rings is 1. The fourth-order valence-electron chi connectivity index (χ4n) is 2.97. The van der Waals surface area contributed by atoms with Crippen LogP contribution in [0.3, 0.4) is 0 Å². The minimum atomic E-state index is -4.38. The molecule has 0 saturated heterocycles. The topological polar surface area (TPSA) is 41.6 Å². The van der Waals surface area contributed by atoms with Crippen LogP contribution in [0.5, 0.6) is 0 Å². The molecule has 0 radical (unpaired) electrons. The second-order valence-corrected chi connectivity index (χ2v) is 9.27. The van der Waals surface area contributed by atoms with Crippen LogP contribution in [0.2, 0.25) is 5.02 Å². The summed E-state index contributed by atoms with van der Waals surface area (Å²) in [6, 6.07) is 13.3. The van der Waals surface area contributed by atoms with Crippen molar-refractivity contribution in [3.8, 4) is 0 Å². The van der Waals surface area contributed by atoms with E-state index in [-0.39, 0.29) is 0 Å². The fourth-order valence-corrected chi connectivity index (χ4v) is 5.01. The molecule has 2 aromatic carbocycles. The Labute approximate surface area is 190 Å². The number of halogens is 4. The monoisotopic (exact) mass is 479 g/mol. The molecular formula is C22H17ClF3N3S2. The zero-order chi connectivity index (χ0) is 22.0. The van der Waals surface area contributed by atoms with Gasteiger partial charge in [0.25, 0.3) is 0 Å². The molecule has 2 heterocycles. The number of rotatable bonds is 6. The number of H-pyrrole nitrogens is 1. The molecule has 3 nitrogen and oxygen atoms in total. The Kier molecular flexibility index (Phi) is 6.50. The van der Waals surface area contributed by atoms with Gasteiger partial charge in [0, 0.05) is 27.6 Å². The van der Waals surface area contributed by atoms with Crippen molar-refractivity contribution >= 4 is 46.2 Å². The molecule has 0 spiro atoms. The van der Waals surface area contributed by atoms with Crippen molar-refractivity contribution in [1.29, 1.82) is 0 Å².